The summed E-state index contributed by atoms with van der Waals surface area (Å²) in [6.07, 6.45) is 6.35. The Hall–Kier alpha value is -1.68. The van der Waals surface area contributed by atoms with Crippen molar-refractivity contribution < 1.29 is 4.52 Å². The molecule has 0 amide bonds. The summed E-state index contributed by atoms with van der Waals surface area (Å²) in [6, 6.07) is 8.54. The number of rotatable bonds is 2. The van der Waals surface area contributed by atoms with Gasteiger partial charge in [-0.25, -0.2) is 0 Å². The number of hydrogen-bond donors (Lipinski definition) is 1. The summed E-state index contributed by atoms with van der Waals surface area (Å²) < 4.78 is 5.61. The molecular formula is C17H21N3O. The fourth-order valence-electron chi connectivity index (χ4n) is 3.63. The van der Waals surface area contributed by atoms with Crippen LogP contribution in [0.5, 0.6) is 0 Å². The Kier molecular flexibility index (Phi) is 3.47. The van der Waals surface area contributed by atoms with E-state index in [2.05, 4.69) is 34.7 Å². The minimum Gasteiger partial charge on any atom is -0.339 e. The fraction of sp³-hybridized carbons (Fsp3) is 0.529. The summed E-state index contributed by atoms with van der Waals surface area (Å²) in [7, 11) is 0. The highest BCUT2D eigenvalue weighted by molar-refractivity contribution is 5.35. The summed E-state index contributed by atoms with van der Waals surface area (Å²) in [5.74, 6) is 2.39. The molecule has 2 aliphatic rings. The minimum atomic E-state index is 0.194. The highest BCUT2D eigenvalue weighted by Crippen LogP contribution is 2.33. The first-order valence-electron chi connectivity index (χ1n) is 8.04. The summed E-state index contributed by atoms with van der Waals surface area (Å²) >= 11 is 0. The molecule has 0 spiro atoms. The number of aromatic nitrogens is 2. The predicted octanol–water partition coefficient (Wildman–Crippen LogP) is 3.35. The molecule has 0 bridgehead atoms. The molecule has 2 heterocycles. The molecule has 1 aromatic carbocycles. The monoisotopic (exact) mass is 283 g/mol. The molecule has 110 valence electrons. The highest BCUT2D eigenvalue weighted by atomic mass is 16.5. The van der Waals surface area contributed by atoms with Crippen LogP contribution in [-0.4, -0.2) is 16.7 Å². The molecule has 1 aromatic heterocycles. The van der Waals surface area contributed by atoms with E-state index in [0.717, 1.165) is 24.8 Å². The second-order valence-electron chi connectivity index (χ2n) is 6.21. The van der Waals surface area contributed by atoms with Crippen molar-refractivity contribution in [2.24, 2.45) is 0 Å². The Bertz CT molecular complexity index is 616. The minimum absolute atomic E-state index is 0.194. The standard InChI is InChI=1S/C17H21N3O/c1-2-6-12(7-3-1)16-19-17(21-20-16)15-11-18-10-13-8-4-5-9-14(13)15/h4-5,8-9,12,15,18H,1-3,6-7,10-11H2. The number of nitrogens with zero attached hydrogens (tertiary/aromatic N) is 2. The van der Waals surface area contributed by atoms with Crippen molar-refractivity contribution in [2.75, 3.05) is 6.54 Å². The first-order chi connectivity index (χ1) is 10.4. The summed E-state index contributed by atoms with van der Waals surface area (Å²) in [6.45, 7) is 1.81. The van der Waals surface area contributed by atoms with Gasteiger partial charge in [0.05, 0.1) is 5.92 Å². The third-order valence-corrected chi connectivity index (χ3v) is 4.82. The Morgan fingerprint density at radius 2 is 1.95 bits per heavy atom. The van der Waals surface area contributed by atoms with E-state index in [9.17, 15) is 0 Å². The van der Waals surface area contributed by atoms with E-state index < -0.39 is 0 Å². The van der Waals surface area contributed by atoms with Gasteiger partial charge in [-0.1, -0.05) is 48.7 Å². The van der Waals surface area contributed by atoms with Crippen LogP contribution in [0.4, 0.5) is 0 Å². The zero-order valence-electron chi connectivity index (χ0n) is 12.2. The van der Waals surface area contributed by atoms with Gasteiger partial charge in [0, 0.05) is 19.0 Å². The molecule has 2 aromatic rings. The van der Waals surface area contributed by atoms with Crippen molar-refractivity contribution in [1.29, 1.82) is 0 Å². The summed E-state index contributed by atoms with van der Waals surface area (Å²) in [5.41, 5.74) is 2.67. The zero-order valence-corrected chi connectivity index (χ0v) is 12.2. The molecule has 0 radical (unpaired) electrons. The van der Waals surface area contributed by atoms with Gasteiger partial charge in [0.25, 0.3) is 0 Å². The lowest BCUT2D eigenvalue weighted by atomic mass is 9.88. The predicted molar refractivity (Wildman–Crippen MR) is 80.1 cm³/mol. The van der Waals surface area contributed by atoms with Gasteiger partial charge >= 0.3 is 0 Å². The van der Waals surface area contributed by atoms with E-state index in [4.69, 9.17) is 9.51 Å². The maximum Gasteiger partial charge on any atom is 0.235 e. The molecule has 21 heavy (non-hydrogen) atoms. The molecular weight excluding hydrogens is 262 g/mol. The first-order valence-corrected chi connectivity index (χ1v) is 8.04. The van der Waals surface area contributed by atoms with Gasteiger partial charge in [-0.2, -0.15) is 4.98 Å². The van der Waals surface area contributed by atoms with Crippen molar-refractivity contribution in [2.45, 2.75) is 50.5 Å². The van der Waals surface area contributed by atoms with Gasteiger partial charge in [0.2, 0.25) is 5.89 Å². The van der Waals surface area contributed by atoms with Crippen molar-refractivity contribution in [1.82, 2.24) is 15.5 Å². The topological polar surface area (TPSA) is 51.0 Å². The van der Waals surface area contributed by atoms with Gasteiger partial charge in [-0.3, -0.25) is 0 Å². The van der Waals surface area contributed by atoms with Gasteiger partial charge in [-0.15, -0.1) is 0 Å². The van der Waals surface area contributed by atoms with E-state index >= 15 is 0 Å². The van der Waals surface area contributed by atoms with E-state index in [1.807, 2.05) is 0 Å². The van der Waals surface area contributed by atoms with Crippen LogP contribution in [-0.2, 0) is 6.54 Å². The van der Waals surface area contributed by atoms with Crippen LogP contribution >= 0.6 is 0 Å². The van der Waals surface area contributed by atoms with Crippen LogP contribution in [0.15, 0.2) is 28.8 Å². The van der Waals surface area contributed by atoms with E-state index in [1.165, 1.54) is 43.2 Å². The lowest BCUT2D eigenvalue weighted by molar-refractivity contribution is 0.342. The molecule has 1 atom stereocenters. The molecule has 0 saturated heterocycles. The Balaban J connectivity index is 1.61. The Morgan fingerprint density at radius 3 is 2.86 bits per heavy atom. The normalized spacial score (nSPS) is 23.0. The summed E-state index contributed by atoms with van der Waals surface area (Å²) in [4.78, 5) is 4.74. The quantitative estimate of drug-likeness (QED) is 0.918. The van der Waals surface area contributed by atoms with Crippen LogP contribution in [0.2, 0.25) is 0 Å². The second kappa shape index (κ2) is 5.60. The molecule has 1 fully saturated rings. The number of hydrogen-bond acceptors (Lipinski definition) is 4. The largest absolute Gasteiger partial charge is 0.339 e. The SMILES string of the molecule is c1ccc2c(c1)CNCC2c1nc(C2CCCCC2)no1. The molecule has 4 nitrogen and oxygen atoms in total. The zero-order chi connectivity index (χ0) is 14.1. The average Bonchev–Trinajstić information content (AvgIpc) is 3.05. The molecule has 4 heteroatoms. The second-order valence-corrected chi connectivity index (χ2v) is 6.21. The molecule has 4 rings (SSSR count). The van der Waals surface area contributed by atoms with Crippen LogP contribution in [0.3, 0.4) is 0 Å². The molecule has 1 saturated carbocycles. The molecule has 1 N–H and O–H groups in total. The van der Waals surface area contributed by atoms with Crippen LogP contribution in [0, 0.1) is 0 Å². The maximum atomic E-state index is 5.61. The van der Waals surface area contributed by atoms with Crippen molar-refractivity contribution >= 4 is 0 Å². The highest BCUT2D eigenvalue weighted by Gasteiger charge is 2.28. The Morgan fingerprint density at radius 1 is 1.10 bits per heavy atom. The van der Waals surface area contributed by atoms with Crippen molar-refractivity contribution in [3.05, 3.63) is 47.1 Å². The van der Waals surface area contributed by atoms with Crippen LogP contribution < -0.4 is 5.32 Å². The van der Waals surface area contributed by atoms with Crippen molar-refractivity contribution in [3.63, 3.8) is 0 Å². The van der Waals surface area contributed by atoms with Gasteiger partial charge < -0.3 is 9.84 Å². The number of benzene rings is 1. The van der Waals surface area contributed by atoms with E-state index in [-0.39, 0.29) is 5.92 Å². The third kappa shape index (κ3) is 2.48. The number of fused-ring (bicyclic) bond motifs is 1. The number of nitrogens with one attached hydrogen (secondary N) is 1. The maximum absolute atomic E-state index is 5.61. The Labute approximate surface area is 124 Å². The smallest absolute Gasteiger partial charge is 0.235 e. The third-order valence-electron chi connectivity index (χ3n) is 4.82. The van der Waals surface area contributed by atoms with Gasteiger partial charge in [0.15, 0.2) is 5.82 Å². The first kappa shape index (κ1) is 13.0. The van der Waals surface area contributed by atoms with E-state index in [0.29, 0.717) is 5.92 Å². The van der Waals surface area contributed by atoms with Crippen LogP contribution in [0.1, 0.15) is 66.8 Å². The van der Waals surface area contributed by atoms with Gasteiger partial charge in [-0.05, 0) is 24.0 Å². The summed E-state index contributed by atoms with van der Waals surface area (Å²) in [5, 5.41) is 7.72. The fourth-order valence-corrected chi connectivity index (χ4v) is 3.63. The lowest BCUT2D eigenvalue weighted by Crippen LogP contribution is -2.28. The molecule has 1 aliphatic carbocycles. The molecule has 1 aliphatic heterocycles. The van der Waals surface area contributed by atoms with Crippen molar-refractivity contribution in [3.8, 4) is 0 Å². The van der Waals surface area contributed by atoms with Gasteiger partial charge in [0.1, 0.15) is 0 Å². The average molecular weight is 283 g/mol. The van der Waals surface area contributed by atoms with Crippen LogP contribution in [0.25, 0.3) is 0 Å². The molecule has 1 unspecified atom stereocenters. The lowest BCUT2D eigenvalue weighted by Gasteiger charge is -2.23. The van der Waals surface area contributed by atoms with E-state index in [1.54, 1.807) is 0 Å².